The molecule has 2 atom stereocenters. The van der Waals surface area contributed by atoms with Crippen LogP contribution in [0.2, 0.25) is 0 Å². The van der Waals surface area contributed by atoms with Gasteiger partial charge in [0.25, 0.3) is 0 Å². The molecule has 0 aliphatic carbocycles. The highest BCUT2D eigenvalue weighted by Gasteiger charge is 2.33. The number of hydrogen-bond donors (Lipinski definition) is 1. The molecular weight excluding hydrogens is 663 g/mol. The van der Waals surface area contributed by atoms with Gasteiger partial charge in [-0.25, -0.2) is 18.7 Å². The van der Waals surface area contributed by atoms with Crippen molar-refractivity contribution in [3.63, 3.8) is 0 Å². The van der Waals surface area contributed by atoms with E-state index in [0.717, 1.165) is 47.9 Å². The number of nitrogens with two attached hydrogens (primary N) is 1. The minimum atomic E-state index is -0.515. The Morgan fingerprint density at radius 2 is 1.92 bits per heavy atom. The van der Waals surface area contributed by atoms with Gasteiger partial charge in [0, 0.05) is 42.3 Å². The minimum absolute atomic E-state index is 0.154. The molecule has 5 rings (SSSR count). The largest absolute Gasteiger partial charge is 0.389 e. The van der Waals surface area contributed by atoms with Crippen LogP contribution in [0.3, 0.4) is 0 Å². The van der Waals surface area contributed by atoms with Crippen LogP contribution in [0.15, 0.2) is 30.5 Å². The SMILES string of the molecule is C/C=C(/F)c1sc(N)c(C#N)c1/C(=C(\C)CC)c1c2c(c3cnc(N4CCC(C)C4)nc3c1F)COC2.C=CC.CCCC(C)CN(C)CCC. The number of nitrogens with zero attached hydrogens (tertiary/aromatic N) is 5. The van der Waals surface area contributed by atoms with Gasteiger partial charge >= 0.3 is 0 Å². The molecule has 10 heteroatoms. The van der Waals surface area contributed by atoms with E-state index >= 15 is 8.78 Å². The maximum Gasteiger partial charge on any atom is 0.225 e. The second-order valence-corrected chi connectivity index (χ2v) is 14.8. The molecule has 0 radical (unpaired) electrons. The molecule has 2 N–H and O–H groups in total. The molecule has 2 aliphatic rings. The number of nitriles is 1. The number of halogens is 2. The Balaban J connectivity index is 0.000000427. The number of nitrogen functional groups attached to an aromatic ring is 1. The van der Waals surface area contributed by atoms with Crippen molar-refractivity contribution in [2.75, 3.05) is 43.9 Å². The number of aromatic nitrogens is 2. The van der Waals surface area contributed by atoms with Gasteiger partial charge in [-0.05, 0) is 88.6 Å². The lowest BCUT2D eigenvalue weighted by atomic mass is 9.85. The molecule has 1 aromatic carbocycles. The first-order valence-corrected chi connectivity index (χ1v) is 19.2. The zero-order valence-corrected chi connectivity index (χ0v) is 33.1. The van der Waals surface area contributed by atoms with Gasteiger partial charge in [-0.2, -0.15) is 5.26 Å². The van der Waals surface area contributed by atoms with Crippen molar-refractivity contribution in [3.05, 3.63) is 69.0 Å². The summed E-state index contributed by atoms with van der Waals surface area (Å²) < 4.78 is 37.7. The number of fused-ring (bicyclic) bond motifs is 3. The van der Waals surface area contributed by atoms with Crippen molar-refractivity contribution in [1.29, 1.82) is 5.26 Å². The van der Waals surface area contributed by atoms with Crippen molar-refractivity contribution in [1.82, 2.24) is 14.9 Å². The monoisotopic (exact) mass is 720 g/mol. The van der Waals surface area contributed by atoms with Gasteiger partial charge in [-0.1, -0.05) is 58.8 Å². The first-order chi connectivity index (χ1) is 24.4. The second-order valence-electron chi connectivity index (χ2n) is 13.8. The van der Waals surface area contributed by atoms with Crippen LogP contribution in [0.25, 0.3) is 22.3 Å². The Morgan fingerprint density at radius 1 is 1.24 bits per heavy atom. The van der Waals surface area contributed by atoms with E-state index < -0.39 is 11.6 Å². The summed E-state index contributed by atoms with van der Waals surface area (Å²) in [6.45, 7) is 24.3. The number of thiophene rings is 1. The molecule has 0 bridgehead atoms. The predicted molar refractivity (Wildman–Crippen MR) is 212 cm³/mol. The number of hydrogen-bond acceptors (Lipinski definition) is 8. The molecule has 51 heavy (non-hydrogen) atoms. The molecule has 2 aliphatic heterocycles. The molecule has 278 valence electrons. The number of ether oxygens (including phenoxy) is 1. The summed E-state index contributed by atoms with van der Waals surface area (Å²) in [4.78, 5) is 14.0. The Kier molecular flexibility index (Phi) is 16.2. The maximum atomic E-state index is 16.7. The Morgan fingerprint density at radius 3 is 2.49 bits per heavy atom. The molecule has 0 saturated carbocycles. The van der Waals surface area contributed by atoms with Gasteiger partial charge in [0.15, 0.2) is 5.82 Å². The first kappa shape index (κ1) is 41.8. The lowest BCUT2D eigenvalue weighted by Crippen LogP contribution is -2.24. The Labute approximate surface area is 308 Å². The van der Waals surface area contributed by atoms with Crippen molar-refractivity contribution in [3.8, 4) is 6.07 Å². The van der Waals surface area contributed by atoms with Crippen molar-refractivity contribution in [2.45, 2.75) is 101 Å². The zero-order valence-electron chi connectivity index (χ0n) is 32.3. The second kappa shape index (κ2) is 19.8. The summed E-state index contributed by atoms with van der Waals surface area (Å²) in [5.74, 6) is 0.867. The van der Waals surface area contributed by atoms with E-state index in [9.17, 15) is 5.26 Å². The minimum Gasteiger partial charge on any atom is -0.389 e. The fourth-order valence-electron chi connectivity index (χ4n) is 6.85. The van der Waals surface area contributed by atoms with Crippen LogP contribution < -0.4 is 10.6 Å². The molecule has 0 spiro atoms. The average molecular weight is 721 g/mol. The summed E-state index contributed by atoms with van der Waals surface area (Å²) in [7, 11) is 2.22. The first-order valence-electron chi connectivity index (χ1n) is 18.4. The molecule has 2 aromatic heterocycles. The maximum absolute atomic E-state index is 16.7. The number of anilines is 2. The summed E-state index contributed by atoms with van der Waals surface area (Å²) in [5, 5.41) is 10.8. The van der Waals surface area contributed by atoms with E-state index in [1.54, 1.807) is 19.2 Å². The predicted octanol–water partition coefficient (Wildman–Crippen LogP) is 10.7. The van der Waals surface area contributed by atoms with Crippen molar-refractivity contribution >= 4 is 44.6 Å². The molecular formula is C41H58F2N6OS. The topological polar surface area (TPSA) is 91.3 Å². The Hall–Kier alpha value is -3.65. The molecule has 1 fully saturated rings. The standard InChI is InChI=1S/C28H29F2N5OS.C10H23N.C3H6/c1-5-15(4)21(23-16(9-31)27(32)37-26(23)20(29)6-2)22-19-13-36-12-18(19)17-10-33-28(34-25(17)24(22)30)35-8-7-14(3)11-35;1-5-7-10(3)9-11(4)8-6-2;1-3-2/h6,10,14H,5,7-8,11-13,32H2,1-4H3;10H,5-9H2,1-4H3;3H,1H2,2H3/b20-6+,21-15+;;. The van der Waals surface area contributed by atoms with E-state index in [-0.39, 0.29) is 27.6 Å². The van der Waals surface area contributed by atoms with E-state index in [1.165, 1.54) is 38.4 Å². The van der Waals surface area contributed by atoms with Crippen LogP contribution in [0.5, 0.6) is 0 Å². The van der Waals surface area contributed by atoms with Crippen LogP contribution >= 0.6 is 11.3 Å². The van der Waals surface area contributed by atoms with E-state index in [4.69, 9.17) is 15.5 Å². The van der Waals surface area contributed by atoms with Gasteiger partial charge in [-0.15, -0.1) is 17.9 Å². The van der Waals surface area contributed by atoms with Crippen LogP contribution in [0, 0.1) is 29.0 Å². The normalized spacial score (nSPS) is 16.6. The van der Waals surface area contributed by atoms with Crippen LogP contribution in [0.4, 0.5) is 19.7 Å². The van der Waals surface area contributed by atoms with Crippen LogP contribution in [0.1, 0.15) is 120 Å². The summed E-state index contributed by atoms with van der Waals surface area (Å²) in [6.07, 6.45) is 10.3. The van der Waals surface area contributed by atoms with Gasteiger partial charge in [0.05, 0.1) is 23.7 Å². The fraction of sp³-hybridized carbons (Fsp3) is 0.537. The molecule has 0 amide bonds. The van der Waals surface area contributed by atoms with E-state index in [1.807, 2.05) is 20.8 Å². The van der Waals surface area contributed by atoms with Gasteiger partial charge in [-0.3, -0.25) is 0 Å². The third-order valence-electron chi connectivity index (χ3n) is 9.38. The van der Waals surface area contributed by atoms with Crippen LogP contribution in [-0.2, 0) is 18.0 Å². The highest BCUT2D eigenvalue weighted by Crippen LogP contribution is 2.47. The molecule has 2 unspecified atom stereocenters. The summed E-state index contributed by atoms with van der Waals surface area (Å²) in [5.41, 5.74) is 9.97. The van der Waals surface area contributed by atoms with Crippen molar-refractivity contribution < 1.29 is 13.5 Å². The Bertz CT molecular complexity index is 1750. The molecule has 3 aromatic rings. The smallest absolute Gasteiger partial charge is 0.225 e. The third kappa shape index (κ3) is 9.82. The number of allylic oxidation sites excluding steroid dienone is 3. The van der Waals surface area contributed by atoms with E-state index in [2.05, 4.69) is 62.2 Å². The number of benzene rings is 1. The van der Waals surface area contributed by atoms with E-state index in [0.29, 0.717) is 52.5 Å². The number of rotatable bonds is 11. The van der Waals surface area contributed by atoms with Crippen molar-refractivity contribution in [2.24, 2.45) is 11.8 Å². The van der Waals surface area contributed by atoms with Gasteiger partial charge in [0.2, 0.25) is 5.95 Å². The third-order valence-corrected chi connectivity index (χ3v) is 10.4. The highest BCUT2D eigenvalue weighted by atomic mass is 32.1. The summed E-state index contributed by atoms with van der Waals surface area (Å²) in [6, 6.07) is 2.14. The highest BCUT2D eigenvalue weighted by molar-refractivity contribution is 7.17. The fourth-order valence-corrected chi connectivity index (χ4v) is 7.84. The summed E-state index contributed by atoms with van der Waals surface area (Å²) >= 11 is 1.00. The molecule has 4 heterocycles. The van der Waals surface area contributed by atoms with Gasteiger partial charge < -0.3 is 20.3 Å². The lowest BCUT2D eigenvalue weighted by Gasteiger charge is -2.20. The van der Waals surface area contributed by atoms with Gasteiger partial charge in [0.1, 0.15) is 22.4 Å². The molecule has 7 nitrogen and oxygen atoms in total. The van der Waals surface area contributed by atoms with Crippen LogP contribution in [-0.4, -0.2) is 48.1 Å². The lowest BCUT2D eigenvalue weighted by molar-refractivity contribution is 0.134. The average Bonchev–Trinajstić information content (AvgIpc) is 3.85. The molecule has 1 saturated heterocycles. The quantitative estimate of drug-likeness (QED) is 0.197. The zero-order chi connectivity index (χ0) is 37.8.